The standard InChI is InChI=1S/C16H22F2N2O2.ClH/c1-11-6-7-20(13(8-11)10-19)15(21)9-12-4-2-3-5-14(12)22-16(17)18;/h2-5,11,13,16H,6-10,19H2,1H3;1H. The fourth-order valence-corrected chi connectivity index (χ4v) is 2.93. The maximum absolute atomic E-state index is 12.5. The van der Waals surface area contributed by atoms with Crippen LogP contribution in [0.2, 0.25) is 0 Å². The van der Waals surface area contributed by atoms with Crippen molar-refractivity contribution in [3.63, 3.8) is 0 Å². The van der Waals surface area contributed by atoms with E-state index in [-0.39, 0.29) is 36.5 Å². The van der Waals surface area contributed by atoms with Crippen molar-refractivity contribution in [3.05, 3.63) is 29.8 Å². The Bertz CT molecular complexity index is 517. The molecule has 0 spiro atoms. The minimum Gasteiger partial charge on any atom is -0.435 e. The molecule has 1 amide bonds. The molecule has 2 unspecified atom stereocenters. The van der Waals surface area contributed by atoms with E-state index in [1.165, 1.54) is 6.07 Å². The number of hydrogen-bond donors (Lipinski definition) is 1. The predicted molar refractivity (Wildman–Crippen MR) is 87.0 cm³/mol. The highest BCUT2D eigenvalue weighted by Crippen LogP contribution is 2.25. The minimum absolute atomic E-state index is 0. The van der Waals surface area contributed by atoms with Crippen LogP contribution in [-0.4, -0.2) is 36.5 Å². The lowest BCUT2D eigenvalue weighted by Gasteiger charge is -2.38. The SMILES string of the molecule is CC1CCN(C(=O)Cc2ccccc2OC(F)F)C(CN)C1.Cl. The van der Waals surface area contributed by atoms with E-state index in [2.05, 4.69) is 11.7 Å². The fourth-order valence-electron chi connectivity index (χ4n) is 2.93. The molecule has 0 bridgehead atoms. The van der Waals surface area contributed by atoms with E-state index in [1.807, 2.05) is 0 Å². The molecule has 1 heterocycles. The monoisotopic (exact) mass is 348 g/mol. The van der Waals surface area contributed by atoms with Gasteiger partial charge in [0, 0.05) is 24.7 Å². The Kier molecular flexibility index (Phi) is 7.72. The van der Waals surface area contributed by atoms with Crippen LogP contribution in [0.25, 0.3) is 0 Å². The van der Waals surface area contributed by atoms with Crippen LogP contribution in [0.3, 0.4) is 0 Å². The first-order valence-electron chi connectivity index (χ1n) is 7.53. The molecule has 0 radical (unpaired) electrons. The summed E-state index contributed by atoms with van der Waals surface area (Å²) in [5.74, 6) is 0.514. The third-order valence-electron chi connectivity index (χ3n) is 4.10. The first-order valence-corrected chi connectivity index (χ1v) is 7.53. The number of rotatable bonds is 5. The van der Waals surface area contributed by atoms with Crippen LogP contribution in [-0.2, 0) is 11.2 Å². The van der Waals surface area contributed by atoms with E-state index in [0.717, 1.165) is 12.8 Å². The van der Waals surface area contributed by atoms with Gasteiger partial charge in [-0.15, -0.1) is 12.4 Å². The minimum atomic E-state index is -2.90. The molecule has 2 atom stereocenters. The van der Waals surface area contributed by atoms with Crippen molar-refractivity contribution >= 4 is 18.3 Å². The number of halogens is 3. The van der Waals surface area contributed by atoms with E-state index >= 15 is 0 Å². The molecule has 130 valence electrons. The molecule has 0 aromatic heterocycles. The Labute approximate surface area is 141 Å². The molecular weight excluding hydrogens is 326 g/mol. The van der Waals surface area contributed by atoms with E-state index in [9.17, 15) is 13.6 Å². The zero-order valence-electron chi connectivity index (χ0n) is 13.1. The molecule has 2 N–H and O–H groups in total. The van der Waals surface area contributed by atoms with E-state index in [4.69, 9.17) is 5.73 Å². The number of piperidine rings is 1. The van der Waals surface area contributed by atoms with Gasteiger partial charge in [-0.3, -0.25) is 4.79 Å². The number of ether oxygens (including phenoxy) is 1. The number of alkyl halides is 2. The molecule has 1 aromatic rings. The lowest BCUT2D eigenvalue weighted by atomic mass is 9.92. The molecule has 1 saturated heterocycles. The van der Waals surface area contributed by atoms with Crippen LogP contribution in [0.5, 0.6) is 5.75 Å². The van der Waals surface area contributed by atoms with Crippen molar-refractivity contribution in [2.75, 3.05) is 13.1 Å². The molecule has 7 heteroatoms. The molecule has 1 aliphatic heterocycles. The van der Waals surface area contributed by atoms with Gasteiger partial charge in [-0.2, -0.15) is 8.78 Å². The van der Waals surface area contributed by atoms with Crippen LogP contribution in [0.1, 0.15) is 25.3 Å². The summed E-state index contributed by atoms with van der Waals surface area (Å²) < 4.78 is 29.3. The van der Waals surface area contributed by atoms with Gasteiger partial charge in [-0.05, 0) is 24.8 Å². The fraction of sp³-hybridized carbons (Fsp3) is 0.562. The molecule has 1 fully saturated rings. The van der Waals surface area contributed by atoms with Crippen LogP contribution >= 0.6 is 12.4 Å². The van der Waals surface area contributed by atoms with Gasteiger partial charge >= 0.3 is 6.61 Å². The summed E-state index contributed by atoms with van der Waals surface area (Å²) in [6.07, 6.45) is 1.88. The van der Waals surface area contributed by atoms with Crippen molar-refractivity contribution in [2.45, 2.75) is 38.8 Å². The molecule has 23 heavy (non-hydrogen) atoms. The zero-order valence-corrected chi connectivity index (χ0v) is 13.9. The summed E-state index contributed by atoms with van der Waals surface area (Å²) in [5, 5.41) is 0. The molecule has 2 rings (SSSR count). The van der Waals surface area contributed by atoms with Crippen molar-refractivity contribution < 1.29 is 18.3 Å². The maximum Gasteiger partial charge on any atom is 0.387 e. The maximum atomic E-state index is 12.5. The third kappa shape index (κ3) is 5.32. The number of nitrogens with zero attached hydrogens (tertiary/aromatic N) is 1. The summed E-state index contributed by atoms with van der Waals surface area (Å²) in [6, 6.07) is 6.43. The first-order chi connectivity index (χ1) is 10.5. The summed E-state index contributed by atoms with van der Waals surface area (Å²) in [5.41, 5.74) is 6.24. The average Bonchev–Trinajstić information content (AvgIpc) is 2.48. The second kappa shape index (κ2) is 9.03. The number of amides is 1. The van der Waals surface area contributed by atoms with Crippen LogP contribution in [0.4, 0.5) is 8.78 Å². The third-order valence-corrected chi connectivity index (χ3v) is 4.10. The Morgan fingerprint density at radius 2 is 2.13 bits per heavy atom. The van der Waals surface area contributed by atoms with Gasteiger partial charge in [0.05, 0.1) is 6.42 Å². The predicted octanol–water partition coefficient (Wildman–Crippen LogP) is 2.84. The summed E-state index contributed by atoms with van der Waals surface area (Å²) in [4.78, 5) is 14.3. The number of carbonyl (C=O) groups is 1. The summed E-state index contributed by atoms with van der Waals surface area (Å²) >= 11 is 0. The Morgan fingerprint density at radius 1 is 1.43 bits per heavy atom. The van der Waals surface area contributed by atoms with E-state index < -0.39 is 6.61 Å². The van der Waals surface area contributed by atoms with Gasteiger partial charge in [0.1, 0.15) is 5.75 Å². The molecule has 0 saturated carbocycles. The highest BCUT2D eigenvalue weighted by atomic mass is 35.5. The second-order valence-electron chi connectivity index (χ2n) is 5.77. The highest BCUT2D eigenvalue weighted by molar-refractivity contribution is 5.85. The largest absolute Gasteiger partial charge is 0.435 e. The number of benzene rings is 1. The van der Waals surface area contributed by atoms with Crippen molar-refractivity contribution in [1.82, 2.24) is 4.90 Å². The van der Waals surface area contributed by atoms with Crippen LogP contribution < -0.4 is 10.5 Å². The normalized spacial score (nSPS) is 21.0. The van der Waals surface area contributed by atoms with Crippen LogP contribution in [0.15, 0.2) is 24.3 Å². The number of likely N-dealkylation sites (tertiary alicyclic amines) is 1. The van der Waals surface area contributed by atoms with Crippen LogP contribution in [0, 0.1) is 5.92 Å². The van der Waals surface area contributed by atoms with Gasteiger partial charge in [0.15, 0.2) is 0 Å². The smallest absolute Gasteiger partial charge is 0.387 e. The number of nitrogens with two attached hydrogens (primary N) is 1. The van der Waals surface area contributed by atoms with E-state index in [0.29, 0.717) is 24.6 Å². The van der Waals surface area contributed by atoms with Crippen molar-refractivity contribution in [3.8, 4) is 5.75 Å². The van der Waals surface area contributed by atoms with Gasteiger partial charge < -0.3 is 15.4 Å². The highest BCUT2D eigenvalue weighted by Gasteiger charge is 2.29. The lowest BCUT2D eigenvalue weighted by molar-refractivity contribution is -0.134. The van der Waals surface area contributed by atoms with Crippen molar-refractivity contribution in [2.24, 2.45) is 11.7 Å². The zero-order chi connectivity index (χ0) is 16.1. The Balaban J connectivity index is 0.00000264. The van der Waals surface area contributed by atoms with Gasteiger partial charge in [0.2, 0.25) is 5.91 Å². The molecule has 1 aliphatic rings. The number of hydrogen-bond acceptors (Lipinski definition) is 3. The average molecular weight is 349 g/mol. The number of para-hydroxylation sites is 1. The molecular formula is C16H23ClF2N2O2. The topological polar surface area (TPSA) is 55.6 Å². The first kappa shape index (κ1) is 19.6. The second-order valence-corrected chi connectivity index (χ2v) is 5.77. The van der Waals surface area contributed by atoms with E-state index in [1.54, 1.807) is 23.1 Å². The molecule has 4 nitrogen and oxygen atoms in total. The van der Waals surface area contributed by atoms with Crippen molar-refractivity contribution in [1.29, 1.82) is 0 Å². The lowest BCUT2D eigenvalue weighted by Crippen LogP contribution is -2.49. The molecule has 1 aromatic carbocycles. The van der Waals surface area contributed by atoms with Gasteiger partial charge in [-0.25, -0.2) is 0 Å². The molecule has 0 aliphatic carbocycles. The Morgan fingerprint density at radius 3 is 2.78 bits per heavy atom. The van der Waals surface area contributed by atoms with Gasteiger partial charge in [-0.1, -0.05) is 25.1 Å². The quantitative estimate of drug-likeness (QED) is 0.890. The summed E-state index contributed by atoms with van der Waals surface area (Å²) in [6.45, 7) is 0.338. The Hall–Kier alpha value is -1.40. The number of carbonyl (C=O) groups excluding carboxylic acids is 1. The summed E-state index contributed by atoms with van der Waals surface area (Å²) in [7, 11) is 0. The van der Waals surface area contributed by atoms with Gasteiger partial charge in [0.25, 0.3) is 0 Å².